The number of hydrogen-bond acceptors (Lipinski definition) is 2. The second-order valence-electron chi connectivity index (χ2n) is 10.3. The lowest BCUT2D eigenvalue weighted by molar-refractivity contribution is -0.122. The van der Waals surface area contributed by atoms with Gasteiger partial charge in [0.2, 0.25) is 0 Å². The molecule has 1 aliphatic rings. The van der Waals surface area contributed by atoms with Crippen LogP contribution in [0.5, 0.6) is 0 Å². The summed E-state index contributed by atoms with van der Waals surface area (Å²) >= 11 is 0. The maximum Gasteiger partial charge on any atom is 0.257 e. The standard InChI is InChI=1S/C37H28N2O/c38-36(32-25-24-27-14-10-11-15-28(27)26-32)33-22-12-13-23-34(33)39(35(36)40)37(29-16-4-1-5-17-29,30-18-6-2-7-19-30)31-20-8-3-9-21-31/h1-26H,38H2. The molecule has 0 bridgehead atoms. The van der Waals surface area contributed by atoms with Gasteiger partial charge in [-0.05, 0) is 45.2 Å². The highest BCUT2D eigenvalue weighted by atomic mass is 16.2. The van der Waals surface area contributed by atoms with E-state index in [9.17, 15) is 0 Å². The fourth-order valence-electron chi connectivity index (χ4n) is 6.37. The van der Waals surface area contributed by atoms with Gasteiger partial charge >= 0.3 is 0 Å². The summed E-state index contributed by atoms with van der Waals surface area (Å²) in [6.45, 7) is 0. The van der Waals surface area contributed by atoms with E-state index in [1.165, 1.54) is 0 Å². The average molecular weight is 517 g/mol. The van der Waals surface area contributed by atoms with Gasteiger partial charge in [0.25, 0.3) is 5.91 Å². The van der Waals surface area contributed by atoms with Gasteiger partial charge in [0.15, 0.2) is 0 Å². The molecule has 1 unspecified atom stereocenters. The molecule has 0 radical (unpaired) electrons. The maximum absolute atomic E-state index is 15.2. The third-order valence-electron chi connectivity index (χ3n) is 8.23. The van der Waals surface area contributed by atoms with Crippen LogP contribution < -0.4 is 10.6 Å². The molecule has 0 fully saturated rings. The summed E-state index contributed by atoms with van der Waals surface area (Å²) < 4.78 is 0. The second kappa shape index (κ2) is 9.33. The zero-order valence-electron chi connectivity index (χ0n) is 21.9. The molecule has 1 atom stereocenters. The third kappa shape index (κ3) is 3.38. The molecule has 7 rings (SSSR count). The predicted octanol–water partition coefficient (Wildman–Crippen LogP) is 7.38. The zero-order chi connectivity index (χ0) is 27.2. The monoisotopic (exact) mass is 516 g/mol. The molecule has 0 aliphatic carbocycles. The van der Waals surface area contributed by atoms with Gasteiger partial charge in [0.1, 0.15) is 11.1 Å². The molecule has 192 valence electrons. The molecule has 1 heterocycles. The Morgan fingerprint density at radius 3 is 1.57 bits per heavy atom. The van der Waals surface area contributed by atoms with Gasteiger partial charge < -0.3 is 5.73 Å². The molecule has 0 saturated carbocycles. The highest BCUT2D eigenvalue weighted by molar-refractivity contribution is 6.12. The quantitative estimate of drug-likeness (QED) is 0.243. The van der Waals surface area contributed by atoms with Crippen molar-refractivity contribution in [3.8, 4) is 0 Å². The van der Waals surface area contributed by atoms with Crippen LogP contribution in [0.1, 0.15) is 27.8 Å². The van der Waals surface area contributed by atoms with Crippen molar-refractivity contribution < 1.29 is 4.79 Å². The first-order valence-electron chi connectivity index (χ1n) is 13.5. The highest BCUT2D eigenvalue weighted by Gasteiger charge is 2.57. The largest absolute Gasteiger partial charge is 0.310 e. The first kappa shape index (κ1) is 24.1. The van der Waals surface area contributed by atoms with Crippen LogP contribution in [0.4, 0.5) is 5.69 Å². The van der Waals surface area contributed by atoms with E-state index in [2.05, 4.69) is 60.7 Å². The summed E-state index contributed by atoms with van der Waals surface area (Å²) in [5, 5.41) is 2.16. The normalized spacial score (nSPS) is 16.7. The van der Waals surface area contributed by atoms with Crippen molar-refractivity contribution in [1.82, 2.24) is 0 Å². The number of hydrogen-bond donors (Lipinski definition) is 1. The first-order chi connectivity index (χ1) is 19.6. The molecule has 1 amide bonds. The summed E-state index contributed by atoms with van der Waals surface area (Å²) in [6.07, 6.45) is 0. The van der Waals surface area contributed by atoms with Gasteiger partial charge in [0.05, 0.1) is 5.69 Å². The Kier molecular flexibility index (Phi) is 5.62. The summed E-state index contributed by atoms with van der Waals surface area (Å²) in [4.78, 5) is 17.1. The van der Waals surface area contributed by atoms with Gasteiger partial charge in [-0.1, -0.05) is 146 Å². The van der Waals surface area contributed by atoms with Gasteiger partial charge in [-0.2, -0.15) is 0 Å². The molecule has 3 nitrogen and oxygen atoms in total. The Morgan fingerprint density at radius 2 is 1.00 bits per heavy atom. The number of amides is 1. The fourth-order valence-corrected chi connectivity index (χ4v) is 6.37. The molecule has 6 aromatic rings. The van der Waals surface area contributed by atoms with Crippen LogP contribution in [0, 0.1) is 0 Å². The Hall–Kier alpha value is -4.99. The molecule has 40 heavy (non-hydrogen) atoms. The minimum absolute atomic E-state index is 0.166. The number of para-hydroxylation sites is 1. The van der Waals surface area contributed by atoms with Crippen molar-refractivity contribution >= 4 is 22.4 Å². The van der Waals surface area contributed by atoms with E-state index in [1.807, 2.05) is 102 Å². The summed E-state index contributed by atoms with van der Waals surface area (Å²) in [5.41, 5.74) is 10.3. The molecule has 3 heteroatoms. The van der Waals surface area contributed by atoms with Gasteiger partial charge in [0, 0.05) is 5.56 Å². The fraction of sp³-hybridized carbons (Fsp3) is 0.0541. The SMILES string of the molecule is NC1(c2ccc3ccccc3c2)C(=O)N(C(c2ccccc2)(c2ccccc2)c2ccccc2)c2ccccc21. The first-order valence-corrected chi connectivity index (χ1v) is 13.5. The number of benzene rings is 6. The molecular weight excluding hydrogens is 488 g/mol. The molecule has 0 aromatic heterocycles. The number of carbonyl (C=O) groups is 1. The van der Waals surface area contributed by atoms with Gasteiger partial charge in [-0.3, -0.25) is 9.69 Å². The minimum atomic E-state index is -1.37. The maximum atomic E-state index is 15.2. The van der Waals surface area contributed by atoms with Crippen LogP contribution in [0.15, 0.2) is 158 Å². The van der Waals surface area contributed by atoms with Crippen LogP contribution in [-0.4, -0.2) is 5.91 Å². The molecule has 1 aliphatic heterocycles. The number of carbonyl (C=O) groups excluding carboxylic acids is 1. The van der Waals surface area contributed by atoms with E-state index >= 15 is 4.79 Å². The number of anilines is 1. The van der Waals surface area contributed by atoms with Crippen LogP contribution in [0.2, 0.25) is 0 Å². The lowest BCUT2D eigenvalue weighted by Crippen LogP contribution is -2.56. The van der Waals surface area contributed by atoms with Gasteiger partial charge in [-0.25, -0.2) is 0 Å². The highest BCUT2D eigenvalue weighted by Crippen LogP contribution is 2.53. The summed E-state index contributed by atoms with van der Waals surface area (Å²) in [7, 11) is 0. The van der Waals surface area contributed by atoms with E-state index in [1.54, 1.807) is 0 Å². The molecule has 0 spiro atoms. The second-order valence-corrected chi connectivity index (χ2v) is 10.3. The lowest BCUT2D eigenvalue weighted by Gasteiger charge is -2.44. The smallest absolute Gasteiger partial charge is 0.257 e. The van der Waals surface area contributed by atoms with E-state index in [-0.39, 0.29) is 5.91 Å². The van der Waals surface area contributed by atoms with E-state index < -0.39 is 11.1 Å². The summed E-state index contributed by atoms with van der Waals surface area (Å²) in [6, 6.07) is 53.0. The van der Waals surface area contributed by atoms with Gasteiger partial charge in [-0.15, -0.1) is 0 Å². The number of nitrogens with two attached hydrogens (primary N) is 1. The topological polar surface area (TPSA) is 46.3 Å². The number of rotatable bonds is 5. The molecule has 6 aromatic carbocycles. The van der Waals surface area contributed by atoms with E-state index in [0.29, 0.717) is 0 Å². The van der Waals surface area contributed by atoms with Crippen molar-refractivity contribution in [2.45, 2.75) is 11.1 Å². The van der Waals surface area contributed by atoms with Crippen molar-refractivity contribution in [2.24, 2.45) is 5.73 Å². The molecule has 2 N–H and O–H groups in total. The predicted molar refractivity (Wildman–Crippen MR) is 162 cm³/mol. The Morgan fingerprint density at radius 1 is 0.525 bits per heavy atom. The van der Waals surface area contributed by atoms with E-state index in [4.69, 9.17) is 5.73 Å². The van der Waals surface area contributed by atoms with Crippen LogP contribution >= 0.6 is 0 Å². The van der Waals surface area contributed by atoms with Crippen LogP contribution in [-0.2, 0) is 15.9 Å². The summed E-state index contributed by atoms with van der Waals surface area (Å²) in [5.74, 6) is -0.166. The van der Waals surface area contributed by atoms with Crippen LogP contribution in [0.3, 0.4) is 0 Å². The van der Waals surface area contributed by atoms with Crippen molar-refractivity contribution in [2.75, 3.05) is 4.90 Å². The Labute approximate surface area is 234 Å². The Balaban J connectivity index is 1.57. The van der Waals surface area contributed by atoms with E-state index in [0.717, 1.165) is 44.3 Å². The number of fused-ring (bicyclic) bond motifs is 2. The average Bonchev–Trinajstić information content (AvgIpc) is 3.26. The van der Waals surface area contributed by atoms with Crippen molar-refractivity contribution in [3.05, 3.63) is 186 Å². The van der Waals surface area contributed by atoms with Crippen molar-refractivity contribution in [1.29, 1.82) is 0 Å². The number of nitrogens with zero attached hydrogens (tertiary/aromatic N) is 1. The lowest BCUT2D eigenvalue weighted by atomic mass is 9.75. The third-order valence-corrected chi connectivity index (χ3v) is 8.23. The molecule has 0 saturated heterocycles. The van der Waals surface area contributed by atoms with Crippen molar-refractivity contribution in [3.63, 3.8) is 0 Å². The van der Waals surface area contributed by atoms with Crippen LogP contribution in [0.25, 0.3) is 10.8 Å². The molecular formula is C37H28N2O. The zero-order valence-corrected chi connectivity index (χ0v) is 21.9. The minimum Gasteiger partial charge on any atom is -0.310 e. The Bertz CT molecular complexity index is 1740.